The van der Waals surface area contributed by atoms with Gasteiger partial charge in [-0.2, -0.15) is 0 Å². The van der Waals surface area contributed by atoms with Gasteiger partial charge in [0.25, 0.3) is 0 Å². The molecule has 31 heavy (non-hydrogen) atoms. The summed E-state index contributed by atoms with van der Waals surface area (Å²) in [5.41, 5.74) is 4.64. The number of hydrogen-bond donors (Lipinski definition) is 0. The topological polar surface area (TPSA) is 64.5 Å². The molecule has 6 nitrogen and oxygen atoms in total. The lowest BCUT2D eigenvalue weighted by atomic mass is 10.0. The number of ether oxygens (including phenoxy) is 2. The number of rotatable bonds is 4. The van der Waals surface area contributed by atoms with Crippen LogP contribution in [0, 0.1) is 11.8 Å². The summed E-state index contributed by atoms with van der Waals surface area (Å²) in [6.07, 6.45) is 3.47. The van der Waals surface area contributed by atoms with Crippen molar-refractivity contribution in [1.29, 1.82) is 0 Å². The lowest BCUT2D eigenvalue weighted by Gasteiger charge is -2.26. The van der Waals surface area contributed by atoms with E-state index in [4.69, 9.17) is 9.47 Å². The molecule has 0 atom stereocenters. The fraction of sp³-hybridized carbons (Fsp3) is 0.240. The molecular formula is C25H23N3O3. The lowest BCUT2D eigenvalue weighted by molar-refractivity contribution is 0.0336. The average Bonchev–Trinajstić information content (AvgIpc) is 2.84. The first-order chi connectivity index (χ1) is 15.2. The maximum absolute atomic E-state index is 12.0. The zero-order valence-corrected chi connectivity index (χ0v) is 17.4. The molecule has 3 aromatic rings. The normalized spacial score (nSPS) is 13.8. The summed E-state index contributed by atoms with van der Waals surface area (Å²) in [5, 5.41) is 0. The first-order valence-electron chi connectivity index (χ1n) is 10.1. The molecule has 3 heterocycles. The van der Waals surface area contributed by atoms with Crippen LogP contribution in [0.3, 0.4) is 0 Å². The summed E-state index contributed by atoms with van der Waals surface area (Å²) in [4.78, 5) is 23.2. The van der Waals surface area contributed by atoms with E-state index >= 15 is 0 Å². The monoisotopic (exact) mass is 413 g/mol. The van der Waals surface area contributed by atoms with E-state index in [0.29, 0.717) is 11.3 Å². The summed E-state index contributed by atoms with van der Waals surface area (Å²) >= 11 is 0. The molecule has 6 heteroatoms. The molecule has 1 saturated heterocycles. The maximum atomic E-state index is 12.0. The largest absolute Gasteiger partial charge is 0.465 e. The third kappa shape index (κ3) is 5.34. The van der Waals surface area contributed by atoms with Gasteiger partial charge in [-0.3, -0.25) is 14.9 Å². The Morgan fingerprint density at radius 2 is 1.77 bits per heavy atom. The van der Waals surface area contributed by atoms with Crippen LogP contribution in [0.5, 0.6) is 0 Å². The van der Waals surface area contributed by atoms with Crippen LogP contribution in [0.4, 0.5) is 0 Å². The van der Waals surface area contributed by atoms with Crippen molar-refractivity contribution in [2.24, 2.45) is 0 Å². The number of aromatic nitrogens is 2. The Hall–Kier alpha value is -3.53. The predicted octanol–water partition coefficient (Wildman–Crippen LogP) is 3.16. The van der Waals surface area contributed by atoms with Crippen molar-refractivity contribution in [3.8, 4) is 23.1 Å². The van der Waals surface area contributed by atoms with Gasteiger partial charge >= 0.3 is 5.97 Å². The minimum Gasteiger partial charge on any atom is -0.465 e. The van der Waals surface area contributed by atoms with Gasteiger partial charge in [-0.1, -0.05) is 24.0 Å². The number of hydrogen-bond acceptors (Lipinski definition) is 6. The van der Waals surface area contributed by atoms with Crippen LogP contribution in [0.15, 0.2) is 60.9 Å². The van der Waals surface area contributed by atoms with Gasteiger partial charge in [0.05, 0.1) is 37.3 Å². The first-order valence-corrected chi connectivity index (χ1v) is 10.1. The zero-order chi connectivity index (χ0) is 21.5. The first kappa shape index (κ1) is 20.7. The molecule has 0 aliphatic carbocycles. The number of nitrogens with zero attached hydrogens (tertiary/aromatic N) is 3. The van der Waals surface area contributed by atoms with E-state index in [1.807, 2.05) is 42.6 Å². The Labute approximate surface area is 181 Å². The minimum absolute atomic E-state index is 0.406. The molecular weight excluding hydrogens is 390 g/mol. The van der Waals surface area contributed by atoms with E-state index in [9.17, 15) is 4.79 Å². The smallest absolute Gasteiger partial charge is 0.340 e. The van der Waals surface area contributed by atoms with Crippen molar-refractivity contribution in [2.75, 3.05) is 33.4 Å². The van der Waals surface area contributed by atoms with E-state index in [0.717, 1.165) is 55.2 Å². The highest BCUT2D eigenvalue weighted by molar-refractivity contribution is 5.96. The second-order valence-electron chi connectivity index (χ2n) is 7.15. The molecule has 1 aliphatic rings. The zero-order valence-electron chi connectivity index (χ0n) is 17.4. The number of carbonyl (C=O) groups is 1. The molecule has 0 amide bonds. The molecule has 0 saturated carbocycles. The quantitative estimate of drug-likeness (QED) is 0.484. The molecule has 0 radical (unpaired) electrons. The van der Waals surface area contributed by atoms with E-state index in [1.165, 1.54) is 7.11 Å². The molecule has 156 valence electrons. The van der Waals surface area contributed by atoms with Gasteiger partial charge in [-0.15, -0.1) is 0 Å². The summed E-state index contributed by atoms with van der Waals surface area (Å²) in [6.45, 7) is 4.29. The Kier molecular flexibility index (Phi) is 6.68. The molecule has 0 unspecified atom stereocenters. The van der Waals surface area contributed by atoms with Gasteiger partial charge in [0, 0.05) is 48.7 Å². The van der Waals surface area contributed by atoms with Crippen LogP contribution >= 0.6 is 0 Å². The Bertz CT molecular complexity index is 1090. The Morgan fingerprint density at radius 1 is 1.03 bits per heavy atom. The van der Waals surface area contributed by atoms with Crippen LogP contribution in [0.1, 0.15) is 27.2 Å². The summed E-state index contributed by atoms with van der Waals surface area (Å²) < 4.78 is 10.2. The maximum Gasteiger partial charge on any atom is 0.340 e. The number of esters is 1. The van der Waals surface area contributed by atoms with Crippen molar-refractivity contribution in [3.63, 3.8) is 0 Å². The van der Waals surface area contributed by atoms with E-state index in [2.05, 4.69) is 26.7 Å². The average molecular weight is 413 g/mol. The van der Waals surface area contributed by atoms with Crippen LogP contribution in [-0.4, -0.2) is 54.3 Å². The van der Waals surface area contributed by atoms with Crippen LogP contribution in [-0.2, 0) is 16.0 Å². The number of benzene rings is 1. The van der Waals surface area contributed by atoms with Crippen molar-refractivity contribution in [1.82, 2.24) is 14.9 Å². The number of pyridine rings is 2. The van der Waals surface area contributed by atoms with Gasteiger partial charge < -0.3 is 9.47 Å². The molecule has 0 spiro atoms. The van der Waals surface area contributed by atoms with Crippen molar-refractivity contribution >= 4 is 5.97 Å². The second-order valence-corrected chi connectivity index (χ2v) is 7.15. The molecule has 1 fully saturated rings. The highest BCUT2D eigenvalue weighted by Crippen LogP contribution is 2.22. The van der Waals surface area contributed by atoms with Crippen LogP contribution in [0.25, 0.3) is 11.3 Å². The van der Waals surface area contributed by atoms with Gasteiger partial charge in [0.2, 0.25) is 0 Å². The molecule has 1 aromatic carbocycles. The van der Waals surface area contributed by atoms with Gasteiger partial charge in [-0.25, -0.2) is 4.79 Å². The van der Waals surface area contributed by atoms with E-state index in [-0.39, 0.29) is 0 Å². The van der Waals surface area contributed by atoms with Crippen LogP contribution < -0.4 is 0 Å². The molecule has 0 bridgehead atoms. The van der Waals surface area contributed by atoms with E-state index in [1.54, 1.807) is 18.3 Å². The fourth-order valence-corrected chi connectivity index (χ4v) is 3.35. The van der Waals surface area contributed by atoms with Gasteiger partial charge in [0.1, 0.15) is 0 Å². The highest BCUT2D eigenvalue weighted by Gasteiger charge is 2.14. The predicted molar refractivity (Wildman–Crippen MR) is 117 cm³/mol. The summed E-state index contributed by atoms with van der Waals surface area (Å²) in [6, 6.07) is 15.1. The van der Waals surface area contributed by atoms with Crippen molar-refractivity contribution < 1.29 is 14.3 Å². The van der Waals surface area contributed by atoms with Crippen molar-refractivity contribution in [2.45, 2.75) is 6.54 Å². The molecule has 0 N–H and O–H groups in total. The molecule has 2 aromatic heterocycles. The standard InChI is InChI=1S/C25H23N3O3/c1-30-25(29)23-3-2-12-26-24(23)21-9-6-19(7-10-21)4-5-20-8-11-22(27-17-20)18-28-13-15-31-16-14-28/h2-3,6-12,17H,13-16,18H2,1H3. The van der Waals surface area contributed by atoms with Crippen molar-refractivity contribution in [3.05, 3.63) is 83.3 Å². The number of morpholine rings is 1. The Balaban J connectivity index is 1.44. The lowest BCUT2D eigenvalue weighted by Crippen LogP contribution is -2.35. The highest BCUT2D eigenvalue weighted by atomic mass is 16.5. The van der Waals surface area contributed by atoms with Gasteiger partial charge in [0.15, 0.2) is 0 Å². The van der Waals surface area contributed by atoms with Crippen LogP contribution in [0.2, 0.25) is 0 Å². The third-order valence-electron chi connectivity index (χ3n) is 5.04. The molecule has 4 rings (SSSR count). The number of carbonyl (C=O) groups excluding carboxylic acids is 1. The Morgan fingerprint density at radius 3 is 2.48 bits per heavy atom. The molecule has 1 aliphatic heterocycles. The second kappa shape index (κ2) is 9.98. The minimum atomic E-state index is -0.406. The summed E-state index contributed by atoms with van der Waals surface area (Å²) in [5.74, 6) is 5.91. The van der Waals surface area contributed by atoms with Gasteiger partial charge in [-0.05, 0) is 36.4 Å². The van der Waals surface area contributed by atoms with E-state index < -0.39 is 5.97 Å². The SMILES string of the molecule is COC(=O)c1cccnc1-c1ccc(C#Cc2ccc(CN3CCOCC3)nc2)cc1. The third-order valence-corrected chi connectivity index (χ3v) is 5.04. The fourth-order valence-electron chi connectivity index (χ4n) is 3.35. The number of methoxy groups -OCH3 is 1. The summed E-state index contributed by atoms with van der Waals surface area (Å²) in [7, 11) is 1.36.